The lowest BCUT2D eigenvalue weighted by atomic mass is 9.89. The van der Waals surface area contributed by atoms with Crippen LogP contribution in [0.1, 0.15) is 37.5 Å². The fraction of sp³-hybridized carbons (Fsp3) is 0.909. The van der Waals surface area contributed by atoms with E-state index in [0.717, 1.165) is 25.5 Å². The molecule has 1 aromatic rings. The number of rotatable bonds is 4. The first-order valence-electron chi connectivity index (χ1n) is 6.46. The Kier molecular flexibility index (Phi) is 1.91. The average Bonchev–Trinajstić information content (AvgIpc) is 3.15. The SMILES string of the molecule is OC1(C2CC2)CN(Cc2nnnn2C2CC2)C1. The van der Waals surface area contributed by atoms with Crippen LogP contribution < -0.4 is 0 Å². The van der Waals surface area contributed by atoms with Crippen LogP contribution in [-0.2, 0) is 6.54 Å². The normalized spacial score (nSPS) is 28.1. The molecular formula is C11H17N5O. The van der Waals surface area contributed by atoms with E-state index in [1.54, 1.807) is 0 Å². The number of β-amino-alcohol motifs (C(OH)–C–C–N with tert-alkyl or cyclic N) is 1. The van der Waals surface area contributed by atoms with Gasteiger partial charge in [0.05, 0.1) is 18.2 Å². The lowest BCUT2D eigenvalue weighted by molar-refractivity contribution is -0.117. The van der Waals surface area contributed by atoms with Crippen molar-refractivity contribution in [3.05, 3.63) is 5.82 Å². The molecule has 0 bridgehead atoms. The lowest BCUT2D eigenvalue weighted by Gasteiger charge is -2.46. The highest BCUT2D eigenvalue weighted by atomic mass is 16.3. The largest absolute Gasteiger partial charge is 0.387 e. The molecular weight excluding hydrogens is 218 g/mol. The predicted octanol–water partition coefficient (Wildman–Crippen LogP) is -0.0353. The first-order valence-corrected chi connectivity index (χ1v) is 6.46. The van der Waals surface area contributed by atoms with E-state index in [1.165, 1.54) is 25.7 Å². The summed E-state index contributed by atoms with van der Waals surface area (Å²) in [7, 11) is 0. The van der Waals surface area contributed by atoms with Crippen LogP contribution in [0.2, 0.25) is 0 Å². The first-order chi connectivity index (χ1) is 8.24. The fourth-order valence-electron chi connectivity index (χ4n) is 2.84. The molecule has 17 heavy (non-hydrogen) atoms. The number of hydrogen-bond acceptors (Lipinski definition) is 5. The van der Waals surface area contributed by atoms with Gasteiger partial charge < -0.3 is 5.11 Å². The standard InChI is InChI=1S/C11H17N5O/c17-11(8-1-2-8)6-15(7-11)5-10-12-13-14-16(10)9-3-4-9/h8-9,17H,1-7H2. The van der Waals surface area contributed by atoms with Gasteiger partial charge in [0, 0.05) is 13.1 Å². The number of tetrazole rings is 1. The molecule has 1 saturated heterocycles. The second kappa shape index (κ2) is 3.26. The zero-order valence-corrected chi connectivity index (χ0v) is 9.79. The Balaban J connectivity index is 1.40. The summed E-state index contributed by atoms with van der Waals surface area (Å²) in [6.07, 6.45) is 4.79. The molecule has 0 amide bonds. The van der Waals surface area contributed by atoms with Crippen LogP contribution in [0.4, 0.5) is 0 Å². The molecule has 0 aromatic carbocycles. The van der Waals surface area contributed by atoms with Gasteiger partial charge in [-0.1, -0.05) is 0 Å². The molecule has 0 atom stereocenters. The van der Waals surface area contributed by atoms with Gasteiger partial charge in [0.25, 0.3) is 0 Å². The smallest absolute Gasteiger partial charge is 0.165 e. The summed E-state index contributed by atoms with van der Waals surface area (Å²) in [5.74, 6) is 1.50. The van der Waals surface area contributed by atoms with Gasteiger partial charge in [0.15, 0.2) is 5.82 Å². The van der Waals surface area contributed by atoms with E-state index in [2.05, 4.69) is 20.4 Å². The van der Waals surface area contributed by atoms with Crippen molar-refractivity contribution in [3.8, 4) is 0 Å². The van der Waals surface area contributed by atoms with Crippen LogP contribution in [0, 0.1) is 5.92 Å². The Morgan fingerprint density at radius 2 is 2.00 bits per heavy atom. The van der Waals surface area contributed by atoms with Crippen molar-refractivity contribution >= 4 is 0 Å². The Hall–Kier alpha value is -1.01. The average molecular weight is 235 g/mol. The zero-order chi connectivity index (χ0) is 11.5. The van der Waals surface area contributed by atoms with E-state index >= 15 is 0 Å². The molecule has 92 valence electrons. The predicted molar refractivity (Wildman–Crippen MR) is 59.0 cm³/mol. The summed E-state index contributed by atoms with van der Waals surface area (Å²) in [4.78, 5) is 2.24. The van der Waals surface area contributed by atoms with Crippen molar-refractivity contribution in [1.29, 1.82) is 0 Å². The van der Waals surface area contributed by atoms with Gasteiger partial charge in [-0.3, -0.25) is 4.90 Å². The summed E-state index contributed by atoms with van der Waals surface area (Å²) < 4.78 is 1.95. The molecule has 6 nitrogen and oxygen atoms in total. The maximum atomic E-state index is 10.2. The number of hydrogen-bond donors (Lipinski definition) is 1. The third-order valence-corrected chi connectivity index (χ3v) is 4.15. The van der Waals surface area contributed by atoms with Gasteiger partial charge in [0.2, 0.25) is 0 Å². The van der Waals surface area contributed by atoms with Crippen molar-refractivity contribution in [2.75, 3.05) is 13.1 Å². The maximum absolute atomic E-state index is 10.2. The number of aliphatic hydroxyl groups is 1. The summed E-state index contributed by atoms with van der Waals surface area (Å²) in [6, 6.07) is 0.531. The summed E-state index contributed by atoms with van der Waals surface area (Å²) >= 11 is 0. The van der Waals surface area contributed by atoms with Gasteiger partial charge in [-0.05, 0) is 42.0 Å². The molecule has 1 aromatic heterocycles. The number of nitrogens with zero attached hydrogens (tertiary/aromatic N) is 5. The molecule has 4 rings (SSSR count). The van der Waals surface area contributed by atoms with Crippen molar-refractivity contribution < 1.29 is 5.11 Å². The van der Waals surface area contributed by atoms with Gasteiger partial charge in [-0.15, -0.1) is 5.10 Å². The highest BCUT2D eigenvalue weighted by molar-refractivity contribution is 5.06. The van der Waals surface area contributed by atoms with E-state index < -0.39 is 5.60 Å². The summed E-state index contributed by atoms with van der Waals surface area (Å²) in [6.45, 7) is 2.35. The summed E-state index contributed by atoms with van der Waals surface area (Å²) in [5, 5.41) is 22.1. The fourth-order valence-corrected chi connectivity index (χ4v) is 2.84. The summed E-state index contributed by atoms with van der Waals surface area (Å²) in [5.41, 5.74) is -0.405. The van der Waals surface area contributed by atoms with Crippen LogP contribution in [0.25, 0.3) is 0 Å². The van der Waals surface area contributed by atoms with Crippen LogP contribution >= 0.6 is 0 Å². The molecule has 2 aliphatic carbocycles. The van der Waals surface area contributed by atoms with Crippen LogP contribution in [0.5, 0.6) is 0 Å². The lowest BCUT2D eigenvalue weighted by Crippen LogP contribution is -2.62. The highest BCUT2D eigenvalue weighted by Gasteiger charge is 2.51. The van der Waals surface area contributed by atoms with Crippen molar-refractivity contribution in [2.45, 2.75) is 43.9 Å². The number of aromatic nitrogens is 4. The van der Waals surface area contributed by atoms with E-state index in [1.807, 2.05) is 4.68 Å². The van der Waals surface area contributed by atoms with Crippen LogP contribution in [0.15, 0.2) is 0 Å². The van der Waals surface area contributed by atoms with Crippen molar-refractivity contribution in [1.82, 2.24) is 25.1 Å². The van der Waals surface area contributed by atoms with Gasteiger partial charge in [-0.2, -0.15) is 0 Å². The second-order valence-corrected chi connectivity index (χ2v) is 5.79. The Labute approximate surface area is 99.6 Å². The molecule has 0 radical (unpaired) electrons. The molecule has 6 heteroatoms. The van der Waals surface area contributed by atoms with Gasteiger partial charge in [0.1, 0.15) is 0 Å². The molecule has 3 aliphatic rings. The minimum Gasteiger partial charge on any atom is -0.387 e. The Morgan fingerprint density at radius 1 is 1.24 bits per heavy atom. The monoisotopic (exact) mass is 235 g/mol. The minimum atomic E-state index is -0.405. The van der Waals surface area contributed by atoms with Crippen molar-refractivity contribution in [3.63, 3.8) is 0 Å². The van der Waals surface area contributed by atoms with Gasteiger partial charge in [-0.25, -0.2) is 4.68 Å². The molecule has 3 fully saturated rings. The number of likely N-dealkylation sites (tertiary alicyclic amines) is 1. The highest BCUT2D eigenvalue weighted by Crippen LogP contribution is 2.44. The van der Waals surface area contributed by atoms with Gasteiger partial charge >= 0.3 is 0 Å². The first kappa shape index (κ1) is 9.96. The maximum Gasteiger partial charge on any atom is 0.165 e. The molecule has 2 heterocycles. The van der Waals surface area contributed by atoms with E-state index in [4.69, 9.17) is 0 Å². The minimum absolute atomic E-state index is 0.405. The van der Waals surface area contributed by atoms with Crippen LogP contribution in [0.3, 0.4) is 0 Å². The third kappa shape index (κ3) is 1.66. The second-order valence-electron chi connectivity index (χ2n) is 5.79. The molecule has 0 unspecified atom stereocenters. The quantitative estimate of drug-likeness (QED) is 0.793. The van der Waals surface area contributed by atoms with E-state index in [-0.39, 0.29) is 0 Å². The third-order valence-electron chi connectivity index (χ3n) is 4.15. The molecule has 2 saturated carbocycles. The molecule has 1 aliphatic heterocycles. The molecule has 1 N–H and O–H groups in total. The Bertz CT molecular complexity index is 431. The van der Waals surface area contributed by atoms with Crippen molar-refractivity contribution in [2.24, 2.45) is 5.92 Å². The molecule has 0 spiro atoms. The van der Waals surface area contributed by atoms with Crippen LogP contribution in [-0.4, -0.2) is 48.9 Å². The van der Waals surface area contributed by atoms with E-state index in [0.29, 0.717) is 12.0 Å². The topological polar surface area (TPSA) is 67.1 Å². The van der Waals surface area contributed by atoms with E-state index in [9.17, 15) is 5.11 Å². The zero-order valence-electron chi connectivity index (χ0n) is 9.79. The Morgan fingerprint density at radius 3 is 2.65 bits per heavy atom.